The van der Waals surface area contributed by atoms with Gasteiger partial charge in [0, 0.05) is 0 Å². The van der Waals surface area contributed by atoms with Crippen LogP contribution in [0.1, 0.15) is 20.3 Å². The first-order chi connectivity index (χ1) is 7.06. The zero-order valence-corrected chi connectivity index (χ0v) is 8.63. The molecule has 0 rings (SSSR count). The van der Waals surface area contributed by atoms with Gasteiger partial charge in [-0.2, -0.15) is 13.2 Å². The third-order valence-electron chi connectivity index (χ3n) is 1.77. The minimum atomic E-state index is -4.75. The van der Waals surface area contributed by atoms with Crippen LogP contribution in [-0.2, 0) is 9.59 Å². The van der Waals surface area contributed by atoms with Crippen LogP contribution in [0.15, 0.2) is 11.1 Å². The molecule has 92 valence electrons. The average Bonchev–Trinajstić information content (AvgIpc) is 1.98. The minimum Gasteiger partial charge on any atom is -0.478 e. The third-order valence-corrected chi connectivity index (χ3v) is 1.77. The Morgan fingerprint density at radius 3 is 1.75 bits per heavy atom. The molecule has 0 fully saturated rings. The van der Waals surface area contributed by atoms with Crippen molar-refractivity contribution in [3.8, 4) is 0 Å². The van der Waals surface area contributed by atoms with Crippen LogP contribution in [0.3, 0.4) is 0 Å². The molecule has 0 aliphatic heterocycles. The molecule has 0 saturated carbocycles. The monoisotopic (exact) mass is 240 g/mol. The molecule has 0 aliphatic carbocycles. The van der Waals surface area contributed by atoms with E-state index in [4.69, 9.17) is 10.2 Å². The first kappa shape index (κ1) is 14.5. The number of hydrogen-bond acceptors (Lipinski definition) is 2. The fourth-order valence-electron chi connectivity index (χ4n) is 1.21. The van der Waals surface area contributed by atoms with Crippen LogP contribution in [0.5, 0.6) is 0 Å². The van der Waals surface area contributed by atoms with E-state index in [0.717, 1.165) is 0 Å². The van der Waals surface area contributed by atoms with E-state index in [1.54, 1.807) is 0 Å². The van der Waals surface area contributed by atoms with Gasteiger partial charge in [0.15, 0.2) is 0 Å². The zero-order valence-electron chi connectivity index (χ0n) is 8.63. The highest BCUT2D eigenvalue weighted by Gasteiger charge is 2.35. The summed E-state index contributed by atoms with van der Waals surface area (Å²) in [7, 11) is 0. The van der Waals surface area contributed by atoms with Crippen LogP contribution in [0.25, 0.3) is 0 Å². The van der Waals surface area contributed by atoms with Gasteiger partial charge in [-0.1, -0.05) is 13.8 Å². The van der Waals surface area contributed by atoms with Crippen molar-refractivity contribution < 1.29 is 33.0 Å². The molecule has 2 N–H and O–H groups in total. The predicted octanol–water partition coefficient (Wildman–Crippen LogP) is 2.06. The van der Waals surface area contributed by atoms with Crippen molar-refractivity contribution in [2.45, 2.75) is 26.4 Å². The van der Waals surface area contributed by atoms with Crippen molar-refractivity contribution in [1.29, 1.82) is 0 Å². The molecule has 16 heavy (non-hydrogen) atoms. The lowest BCUT2D eigenvalue weighted by atomic mass is 9.95. The fourth-order valence-corrected chi connectivity index (χ4v) is 1.21. The highest BCUT2D eigenvalue weighted by atomic mass is 19.4. The van der Waals surface area contributed by atoms with Crippen LogP contribution in [-0.4, -0.2) is 28.3 Å². The largest absolute Gasteiger partial charge is 0.478 e. The normalized spacial score (nSPS) is 13.6. The van der Waals surface area contributed by atoms with Crippen LogP contribution in [0.4, 0.5) is 13.2 Å². The topological polar surface area (TPSA) is 74.6 Å². The Kier molecular flexibility index (Phi) is 4.52. The van der Waals surface area contributed by atoms with Gasteiger partial charge >= 0.3 is 18.1 Å². The van der Waals surface area contributed by atoms with Crippen molar-refractivity contribution in [2.75, 3.05) is 0 Å². The molecule has 7 heteroatoms. The summed E-state index contributed by atoms with van der Waals surface area (Å²) in [5.74, 6) is -4.30. The molecule has 0 bridgehead atoms. The first-order valence-electron chi connectivity index (χ1n) is 4.32. The van der Waals surface area contributed by atoms with Crippen molar-refractivity contribution in [3.63, 3.8) is 0 Å². The SMILES string of the molecule is CC(C)/C(C(=O)O)=C(/CC(F)(F)F)C(=O)O. The molecule has 0 aromatic rings. The van der Waals surface area contributed by atoms with Gasteiger partial charge in [-0.05, 0) is 5.92 Å². The summed E-state index contributed by atoms with van der Waals surface area (Å²) < 4.78 is 36.2. The summed E-state index contributed by atoms with van der Waals surface area (Å²) in [6.07, 6.45) is -6.49. The van der Waals surface area contributed by atoms with E-state index in [1.807, 2.05) is 0 Å². The molecule has 0 aliphatic rings. The summed E-state index contributed by atoms with van der Waals surface area (Å²) in [5, 5.41) is 17.3. The highest BCUT2D eigenvalue weighted by Crippen LogP contribution is 2.28. The van der Waals surface area contributed by atoms with Gasteiger partial charge in [-0.25, -0.2) is 9.59 Å². The summed E-state index contributed by atoms with van der Waals surface area (Å²) in [6, 6.07) is 0. The van der Waals surface area contributed by atoms with Gasteiger partial charge < -0.3 is 10.2 Å². The lowest BCUT2D eigenvalue weighted by Gasteiger charge is -2.13. The van der Waals surface area contributed by atoms with E-state index in [2.05, 4.69) is 0 Å². The van der Waals surface area contributed by atoms with Gasteiger partial charge in [0.25, 0.3) is 0 Å². The lowest BCUT2D eigenvalue weighted by Crippen LogP contribution is -2.20. The molecule has 4 nitrogen and oxygen atoms in total. The average molecular weight is 240 g/mol. The van der Waals surface area contributed by atoms with Gasteiger partial charge in [-0.3, -0.25) is 0 Å². The fraction of sp³-hybridized carbons (Fsp3) is 0.556. The van der Waals surface area contributed by atoms with Gasteiger partial charge in [0.2, 0.25) is 0 Å². The Bertz CT molecular complexity index is 328. The Labute approximate surface area is 89.4 Å². The van der Waals surface area contributed by atoms with Crippen molar-refractivity contribution in [3.05, 3.63) is 11.1 Å². The van der Waals surface area contributed by atoms with E-state index in [0.29, 0.717) is 0 Å². The second-order valence-corrected chi connectivity index (χ2v) is 3.45. The maximum Gasteiger partial charge on any atom is 0.393 e. The molecule has 0 aromatic carbocycles. The predicted molar refractivity (Wildman–Crippen MR) is 47.8 cm³/mol. The van der Waals surface area contributed by atoms with Crippen LogP contribution >= 0.6 is 0 Å². The molecule has 0 radical (unpaired) electrons. The standard InChI is InChI=1S/C9H11F3O4/c1-4(2)6(8(15)16)5(7(13)14)3-9(10,11)12/h4H,3H2,1-2H3,(H,13,14)(H,15,16)/b6-5+. The van der Waals surface area contributed by atoms with E-state index >= 15 is 0 Å². The third kappa shape index (κ3) is 4.33. The number of hydrogen-bond donors (Lipinski definition) is 2. The molecule has 0 aromatic heterocycles. The maximum absolute atomic E-state index is 12.1. The van der Waals surface area contributed by atoms with E-state index < -0.39 is 41.6 Å². The maximum atomic E-state index is 12.1. The van der Waals surface area contributed by atoms with E-state index in [9.17, 15) is 22.8 Å². The Morgan fingerprint density at radius 2 is 1.56 bits per heavy atom. The summed E-state index contributed by atoms with van der Waals surface area (Å²) >= 11 is 0. The highest BCUT2D eigenvalue weighted by molar-refractivity contribution is 5.99. The van der Waals surface area contributed by atoms with Crippen molar-refractivity contribution in [1.82, 2.24) is 0 Å². The minimum absolute atomic E-state index is 0.718. The Morgan fingerprint density at radius 1 is 1.12 bits per heavy atom. The zero-order chi connectivity index (χ0) is 13.1. The number of carboxylic acid groups (broad SMARTS) is 2. The van der Waals surface area contributed by atoms with Crippen molar-refractivity contribution >= 4 is 11.9 Å². The molecule has 0 heterocycles. The first-order valence-corrected chi connectivity index (χ1v) is 4.32. The molecular weight excluding hydrogens is 229 g/mol. The number of carboxylic acids is 2. The van der Waals surface area contributed by atoms with Gasteiger partial charge in [0.1, 0.15) is 0 Å². The summed E-state index contributed by atoms with van der Waals surface area (Å²) in [5.41, 5.74) is -1.83. The van der Waals surface area contributed by atoms with Crippen LogP contribution < -0.4 is 0 Å². The van der Waals surface area contributed by atoms with E-state index in [-0.39, 0.29) is 0 Å². The quantitative estimate of drug-likeness (QED) is 0.737. The van der Waals surface area contributed by atoms with Crippen LogP contribution in [0.2, 0.25) is 0 Å². The summed E-state index contributed by atoms with van der Waals surface area (Å²) in [4.78, 5) is 21.3. The Balaban J connectivity index is 5.51. The second kappa shape index (κ2) is 5.00. The molecule has 0 amide bonds. The molecule has 0 unspecified atom stereocenters. The molecule has 0 spiro atoms. The number of halogens is 3. The second-order valence-electron chi connectivity index (χ2n) is 3.45. The summed E-state index contributed by atoms with van der Waals surface area (Å²) in [6.45, 7) is 2.64. The number of aliphatic carboxylic acids is 2. The number of alkyl halides is 3. The molecule has 0 atom stereocenters. The number of rotatable bonds is 4. The van der Waals surface area contributed by atoms with Gasteiger partial charge in [0.05, 0.1) is 17.6 Å². The smallest absolute Gasteiger partial charge is 0.393 e. The molecular formula is C9H11F3O4. The van der Waals surface area contributed by atoms with Gasteiger partial charge in [-0.15, -0.1) is 0 Å². The lowest BCUT2D eigenvalue weighted by molar-refractivity contribution is -0.144. The van der Waals surface area contributed by atoms with Crippen LogP contribution in [0, 0.1) is 5.92 Å². The van der Waals surface area contributed by atoms with E-state index in [1.165, 1.54) is 13.8 Å². The van der Waals surface area contributed by atoms with Crippen molar-refractivity contribution in [2.24, 2.45) is 5.92 Å². The molecule has 0 saturated heterocycles. The Hall–Kier alpha value is -1.53. The number of carbonyl (C=O) groups is 2.